The van der Waals surface area contributed by atoms with Crippen molar-refractivity contribution < 1.29 is 9.53 Å². The van der Waals surface area contributed by atoms with Crippen LogP contribution < -0.4 is 10.6 Å². The quantitative estimate of drug-likeness (QED) is 0.769. The highest BCUT2D eigenvalue weighted by Gasteiger charge is 2.09. The molecule has 122 valence electrons. The van der Waals surface area contributed by atoms with E-state index in [2.05, 4.69) is 15.6 Å². The van der Waals surface area contributed by atoms with Crippen molar-refractivity contribution in [3.05, 3.63) is 53.3 Å². The third-order valence-corrected chi connectivity index (χ3v) is 3.48. The largest absolute Gasteiger partial charge is 0.385 e. The summed E-state index contributed by atoms with van der Waals surface area (Å²) in [5.74, 6) is -0.162. The molecule has 2 rings (SSSR count). The van der Waals surface area contributed by atoms with Crippen molar-refractivity contribution in [2.75, 3.05) is 30.9 Å². The molecule has 0 aliphatic rings. The number of hydrogen-bond donors (Lipinski definition) is 2. The summed E-state index contributed by atoms with van der Waals surface area (Å²) in [6.45, 7) is 5.49. The van der Waals surface area contributed by atoms with E-state index in [4.69, 9.17) is 4.74 Å². The third kappa shape index (κ3) is 5.07. The second-order valence-corrected chi connectivity index (χ2v) is 5.51. The smallest absolute Gasteiger partial charge is 0.257 e. The van der Waals surface area contributed by atoms with E-state index < -0.39 is 0 Å². The number of pyridine rings is 1. The van der Waals surface area contributed by atoms with Crippen LogP contribution >= 0.6 is 0 Å². The highest BCUT2D eigenvalue weighted by atomic mass is 16.5. The SMILES string of the molecule is COCCCNc1cncc(C(=O)Nc2ccc(C)cc2C)c1. The zero-order valence-electron chi connectivity index (χ0n) is 13.8. The van der Waals surface area contributed by atoms with Gasteiger partial charge in [-0.25, -0.2) is 0 Å². The van der Waals surface area contributed by atoms with E-state index in [9.17, 15) is 4.79 Å². The van der Waals surface area contributed by atoms with Crippen molar-refractivity contribution in [2.24, 2.45) is 0 Å². The Morgan fingerprint density at radius 1 is 1.22 bits per heavy atom. The second-order valence-electron chi connectivity index (χ2n) is 5.51. The number of anilines is 2. The Bertz CT molecular complexity index is 671. The molecule has 0 saturated carbocycles. The number of ether oxygens (including phenoxy) is 1. The number of aromatic nitrogens is 1. The van der Waals surface area contributed by atoms with Gasteiger partial charge in [-0.3, -0.25) is 9.78 Å². The number of carbonyl (C=O) groups excluding carboxylic acids is 1. The zero-order chi connectivity index (χ0) is 16.7. The van der Waals surface area contributed by atoms with E-state index >= 15 is 0 Å². The predicted octanol–water partition coefficient (Wildman–Crippen LogP) is 3.40. The summed E-state index contributed by atoms with van der Waals surface area (Å²) in [4.78, 5) is 16.5. The van der Waals surface area contributed by atoms with Crippen LogP contribution in [0.15, 0.2) is 36.7 Å². The van der Waals surface area contributed by atoms with Crippen molar-refractivity contribution in [1.82, 2.24) is 4.98 Å². The van der Waals surface area contributed by atoms with Gasteiger partial charge in [0.1, 0.15) is 0 Å². The molecular weight excluding hydrogens is 290 g/mol. The fraction of sp³-hybridized carbons (Fsp3) is 0.333. The van der Waals surface area contributed by atoms with Gasteiger partial charge in [0.05, 0.1) is 11.3 Å². The Kier molecular flexibility index (Phi) is 6.11. The van der Waals surface area contributed by atoms with Crippen LogP contribution in [0.5, 0.6) is 0 Å². The number of nitrogens with zero attached hydrogens (tertiary/aromatic N) is 1. The topological polar surface area (TPSA) is 63.2 Å². The van der Waals surface area contributed by atoms with Crippen LogP contribution in [-0.2, 0) is 4.74 Å². The minimum atomic E-state index is -0.162. The molecule has 0 saturated heterocycles. The number of amides is 1. The summed E-state index contributed by atoms with van der Waals surface area (Å²) < 4.78 is 5.01. The van der Waals surface area contributed by atoms with Gasteiger partial charge in [0.15, 0.2) is 0 Å². The zero-order valence-corrected chi connectivity index (χ0v) is 13.8. The summed E-state index contributed by atoms with van der Waals surface area (Å²) in [6, 6.07) is 7.75. The molecule has 1 heterocycles. The Labute approximate surface area is 137 Å². The van der Waals surface area contributed by atoms with Gasteiger partial charge in [0, 0.05) is 38.3 Å². The molecule has 0 aliphatic heterocycles. The summed E-state index contributed by atoms with van der Waals surface area (Å²) in [6.07, 6.45) is 4.18. The minimum absolute atomic E-state index is 0.162. The van der Waals surface area contributed by atoms with Gasteiger partial charge in [0.2, 0.25) is 0 Å². The fourth-order valence-electron chi connectivity index (χ4n) is 2.26. The minimum Gasteiger partial charge on any atom is -0.385 e. The lowest BCUT2D eigenvalue weighted by Gasteiger charge is -2.10. The highest BCUT2D eigenvalue weighted by Crippen LogP contribution is 2.17. The molecule has 1 aromatic heterocycles. The van der Waals surface area contributed by atoms with Crippen LogP contribution in [0.1, 0.15) is 27.9 Å². The molecule has 0 aliphatic carbocycles. The van der Waals surface area contributed by atoms with Crippen LogP contribution in [0.3, 0.4) is 0 Å². The molecule has 5 heteroatoms. The maximum Gasteiger partial charge on any atom is 0.257 e. The highest BCUT2D eigenvalue weighted by molar-refractivity contribution is 6.04. The lowest BCUT2D eigenvalue weighted by atomic mass is 10.1. The molecule has 1 aromatic carbocycles. The number of rotatable bonds is 7. The molecule has 23 heavy (non-hydrogen) atoms. The molecule has 0 fully saturated rings. The first kappa shape index (κ1) is 17.0. The van der Waals surface area contributed by atoms with E-state index in [-0.39, 0.29) is 5.91 Å². The van der Waals surface area contributed by atoms with E-state index in [1.807, 2.05) is 32.0 Å². The maximum atomic E-state index is 12.4. The Hall–Kier alpha value is -2.40. The van der Waals surface area contributed by atoms with Gasteiger partial charge >= 0.3 is 0 Å². The van der Waals surface area contributed by atoms with Crippen molar-refractivity contribution in [1.29, 1.82) is 0 Å². The van der Waals surface area contributed by atoms with Crippen LogP contribution in [0, 0.1) is 13.8 Å². The van der Waals surface area contributed by atoms with Crippen molar-refractivity contribution in [2.45, 2.75) is 20.3 Å². The number of methoxy groups -OCH3 is 1. The van der Waals surface area contributed by atoms with Crippen molar-refractivity contribution >= 4 is 17.3 Å². The fourth-order valence-corrected chi connectivity index (χ4v) is 2.26. The summed E-state index contributed by atoms with van der Waals surface area (Å²) in [7, 11) is 1.68. The summed E-state index contributed by atoms with van der Waals surface area (Å²) >= 11 is 0. The first-order chi connectivity index (χ1) is 11.1. The summed E-state index contributed by atoms with van der Waals surface area (Å²) in [5, 5.41) is 6.17. The van der Waals surface area contributed by atoms with E-state index in [0.717, 1.165) is 29.9 Å². The predicted molar refractivity (Wildman–Crippen MR) is 93.1 cm³/mol. The monoisotopic (exact) mass is 313 g/mol. The second kappa shape index (κ2) is 8.29. The standard InChI is InChI=1S/C18H23N3O2/c1-13-5-6-17(14(2)9-13)21-18(22)15-10-16(12-19-11-15)20-7-4-8-23-3/h5-6,9-12,20H,4,7-8H2,1-3H3,(H,21,22). The van der Waals surface area contributed by atoms with Crippen molar-refractivity contribution in [3.8, 4) is 0 Å². The van der Waals surface area contributed by atoms with Crippen LogP contribution in [0.2, 0.25) is 0 Å². The molecule has 5 nitrogen and oxygen atoms in total. The Morgan fingerprint density at radius 3 is 2.78 bits per heavy atom. The molecule has 0 bridgehead atoms. The first-order valence-corrected chi connectivity index (χ1v) is 7.66. The van der Waals surface area contributed by atoms with E-state index in [1.165, 1.54) is 5.56 Å². The van der Waals surface area contributed by atoms with Crippen LogP contribution in [0.25, 0.3) is 0 Å². The maximum absolute atomic E-state index is 12.4. The van der Waals surface area contributed by atoms with Gasteiger partial charge in [-0.15, -0.1) is 0 Å². The van der Waals surface area contributed by atoms with E-state index in [0.29, 0.717) is 12.2 Å². The molecule has 0 spiro atoms. The van der Waals surface area contributed by atoms with Gasteiger partial charge < -0.3 is 15.4 Å². The lowest BCUT2D eigenvalue weighted by molar-refractivity contribution is 0.102. The average Bonchev–Trinajstić information content (AvgIpc) is 2.54. The average molecular weight is 313 g/mol. The summed E-state index contributed by atoms with van der Waals surface area (Å²) in [5.41, 5.74) is 4.39. The molecule has 2 aromatic rings. The number of hydrogen-bond acceptors (Lipinski definition) is 4. The number of benzene rings is 1. The lowest BCUT2D eigenvalue weighted by Crippen LogP contribution is -2.14. The van der Waals surface area contributed by atoms with Gasteiger partial charge in [-0.1, -0.05) is 17.7 Å². The normalized spacial score (nSPS) is 10.4. The molecular formula is C18H23N3O2. The Morgan fingerprint density at radius 2 is 2.04 bits per heavy atom. The number of carbonyl (C=O) groups is 1. The van der Waals surface area contributed by atoms with E-state index in [1.54, 1.807) is 25.6 Å². The van der Waals surface area contributed by atoms with Crippen LogP contribution in [-0.4, -0.2) is 31.2 Å². The number of nitrogens with one attached hydrogen (secondary N) is 2. The van der Waals surface area contributed by atoms with Gasteiger partial charge in [0.25, 0.3) is 5.91 Å². The molecule has 0 radical (unpaired) electrons. The third-order valence-electron chi connectivity index (χ3n) is 3.48. The molecule has 1 amide bonds. The molecule has 0 atom stereocenters. The van der Waals surface area contributed by atoms with Crippen LogP contribution in [0.4, 0.5) is 11.4 Å². The van der Waals surface area contributed by atoms with Gasteiger partial charge in [-0.05, 0) is 38.0 Å². The molecule has 0 unspecified atom stereocenters. The Balaban J connectivity index is 2.01. The van der Waals surface area contributed by atoms with Crippen molar-refractivity contribution in [3.63, 3.8) is 0 Å². The first-order valence-electron chi connectivity index (χ1n) is 7.66. The van der Waals surface area contributed by atoms with Gasteiger partial charge in [-0.2, -0.15) is 0 Å². The molecule has 2 N–H and O–H groups in total. The number of aryl methyl sites for hydroxylation is 2.